The van der Waals surface area contributed by atoms with Gasteiger partial charge in [-0.25, -0.2) is 4.79 Å². The SMILES string of the molecule is CCC(CC)(C(=O)O)C(=O)CC(=O)C(=O)O. The van der Waals surface area contributed by atoms with Crippen molar-refractivity contribution in [2.24, 2.45) is 5.41 Å². The molecule has 0 atom stereocenters. The fraction of sp³-hybridized carbons (Fsp3) is 0.600. The minimum Gasteiger partial charge on any atom is -0.480 e. The molecule has 0 saturated carbocycles. The smallest absolute Gasteiger partial charge is 0.372 e. The molecule has 0 aromatic rings. The van der Waals surface area contributed by atoms with Crippen LogP contribution in [0, 0.1) is 5.41 Å². The summed E-state index contributed by atoms with van der Waals surface area (Å²) < 4.78 is 0. The summed E-state index contributed by atoms with van der Waals surface area (Å²) in [5, 5.41) is 17.3. The molecule has 0 unspecified atom stereocenters. The number of ketones is 2. The number of carbonyl (C=O) groups is 4. The van der Waals surface area contributed by atoms with Gasteiger partial charge in [-0.05, 0) is 12.8 Å². The first-order chi connectivity index (χ1) is 7.31. The van der Waals surface area contributed by atoms with Gasteiger partial charge in [-0.2, -0.15) is 0 Å². The van der Waals surface area contributed by atoms with E-state index in [1.165, 1.54) is 13.8 Å². The van der Waals surface area contributed by atoms with E-state index < -0.39 is 35.3 Å². The monoisotopic (exact) mass is 230 g/mol. The van der Waals surface area contributed by atoms with Crippen LogP contribution in [0.4, 0.5) is 0 Å². The summed E-state index contributed by atoms with van der Waals surface area (Å²) in [6, 6.07) is 0. The maximum absolute atomic E-state index is 11.6. The van der Waals surface area contributed by atoms with E-state index in [4.69, 9.17) is 10.2 Å². The van der Waals surface area contributed by atoms with E-state index in [9.17, 15) is 19.2 Å². The molecule has 0 saturated heterocycles. The molecule has 6 nitrogen and oxygen atoms in total. The zero-order chi connectivity index (χ0) is 12.9. The summed E-state index contributed by atoms with van der Waals surface area (Å²) in [7, 11) is 0. The van der Waals surface area contributed by atoms with Gasteiger partial charge < -0.3 is 10.2 Å². The quantitative estimate of drug-likeness (QED) is 0.486. The van der Waals surface area contributed by atoms with Crippen molar-refractivity contribution in [1.29, 1.82) is 0 Å². The molecule has 0 heterocycles. The first-order valence-electron chi connectivity index (χ1n) is 4.84. The Hall–Kier alpha value is -1.72. The van der Waals surface area contributed by atoms with Crippen LogP contribution < -0.4 is 0 Å². The molecule has 0 aliphatic heterocycles. The molecule has 0 bridgehead atoms. The lowest BCUT2D eigenvalue weighted by Gasteiger charge is -2.24. The molecule has 0 aliphatic carbocycles. The molecule has 0 amide bonds. The second-order valence-electron chi connectivity index (χ2n) is 3.42. The van der Waals surface area contributed by atoms with Crippen LogP contribution in [0.1, 0.15) is 33.1 Å². The largest absolute Gasteiger partial charge is 0.480 e. The van der Waals surface area contributed by atoms with Gasteiger partial charge in [-0.1, -0.05) is 13.8 Å². The lowest BCUT2D eigenvalue weighted by molar-refractivity contribution is -0.158. The van der Waals surface area contributed by atoms with Crippen molar-refractivity contribution in [1.82, 2.24) is 0 Å². The fourth-order valence-corrected chi connectivity index (χ4v) is 1.46. The number of rotatable bonds is 7. The third kappa shape index (κ3) is 2.65. The van der Waals surface area contributed by atoms with Gasteiger partial charge in [0.15, 0.2) is 5.78 Å². The average molecular weight is 230 g/mol. The predicted octanol–water partition coefficient (Wildman–Crippen LogP) is 0.490. The number of carboxylic acids is 2. The molecule has 6 heteroatoms. The van der Waals surface area contributed by atoms with Crippen LogP contribution in [0.2, 0.25) is 0 Å². The summed E-state index contributed by atoms with van der Waals surface area (Å²) in [4.78, 5) is 43.7. The van der Waals surface area contributed by atoms with Crippen molar-refractivity contribution in [2.45, 2.75) is 33.1 Å². The first kappa shape index (κ1) is 14.3. The Balaban J connectivity index is 4.97. The topological polar surface area (TPSA) is 109 Å². The molecular weight excluding hydrogens is 216 g/mol. The number of carbonyl (C=O) groups excluding carboxylic acids is 2. The van der Waals surface area contributed by atoms with Crippen LogP contribution in [0.3, 0.4) is 0 Å². The standard InChI is InChI=1S/C10H14O6/c1-3-10(4-2,9(15)16)7(12)5-6(11)8(13)14/h3-5H2,1-2H3,(H,13,14)(H,15,16). The Morgan fingerprint density at radius 2 is 1.44 bits per heavy atom. The van der Waals surface area contributed by atoms with Crippen LogP contribution >= 0.6 is 0 Å². The Labute approximate surface area is 92.3 Å². The van der Waals surface area contributed by atoms with Crippen LogP contribution in [0.5, 0.6) is 0 Å². The zero-order valence-electron chi connectivity index (χ0n) is 9.15. The van der Waals surface area contributed by atoms with Crippen molar-refractivity contribution in [3.05, 3.63) is 0 Å². The Morgan fingerprint density at radius 1 is 1.00 bits per heavy atom. The Morgan fingerprint density at radius 3 is 1.69 bits per heavy atom. The highest BCUT2D eigenvalue weighted by Gasteiger charge is 2.43. The van der Waals surface area contributed by atoms with E-state index in [-0.39, 0.29) is 12.8 Å². The summed E-state index contributed by atoms with van der Waals surface area (Å²) >= 11 is 0. The van der Waals surface area contributed by atoms with Crippen molar-refractivity contribution >= 4 is 23.5 Å². The highest BCUT2D eigenvalue weighted by molar-refractivity contribution is 6.37. The van der Waals surface area contributed by atoms with Gasteiger partial charge in [0.05, 0.1) is 6.42 Å². The molecule has 0 aliphatic rings. The van der Waals surface area contributed by atoms with Gasteiger partial charge in [0.2, 0.25) is 5.78 Å². The van der Waals surface area contributed by atoms with E-state index in [0.717, 1.165) is 0 Å². The summed E-state index contributed by atoms with van der Waals surface area (Å²) in [5.41, 5.74) is -1.65. The van der Waals surface area contributed by atoms with E-state index in [0.29, 0.717) is 0 Å². The molecule has 2 N–H and O–H groups in total. The molecular formula is C10H14O6. The molecule has 0 fully saturated rings. The summed E-state index contributed by atoms with van der Waals surface area (Å²) in [6.07, 6.45) is -0.807. The average Bonchev–Trinajstić information content (AvgIpc) is 2.19. The predicted molar refractivity (Wildman–Crippen MR) is 52.9 cm³/mol. The maximum Gasteiger partial charge on any atom is 0.372 e. The Bertz CT molecular complexity index is 326. The number of carboxylic acid groups (broad SMARTS) is 2. The molecule has 0 aromatic carbocycles. The summed E-state index contributed by atoms with van der Waals surface area (Å²) in [5.74, 6) is -5.17. The second kappa shape index (κ2) is 5.39. The highest BCUT2D eigenvalue weighted by Crippen LogP contribution is 2.29. The third-order valence-electron chi connectivity index (χ3n) is 2.71. The molecule has 0 rings (SSSR count). The van der Waals surface area contributed by atoms with Crippen LogP contribution in [0.25, 0.3) is 0 Å². The van der Waals surface area contributed by atoms with Gasteiger partial charge in [0.25, 0.3) is 0 Å². The minimum atomic E-state index is -1.72. The highest BCUT2D eigenvalue weighted by atomic mass is 16.4. The molecule has 16 heavy (non-hydrogen) atoms. The van der Waals surface area contributed by atoms with Crippen LogP contribution in [-0.2, 0) is 19.2 Å². The number of Topliss-reactive ketones (excluding diaryl/α,β-unsaturated/α-hetero) is 2. The zero-order valence-corrected chi connectivity index (χ0v) is 9.15. The molecule has 0 radical (unpaired) electrons. The third-order valence-corrected chi connectivity index (χ3v) is 2.71. The van der Waals surface area contributed by atoms with Crippen molar-refractivity contribution in [2.75, 3.05) is 0 Å². The fourth-order valence-electron chi connectivity index (χ4n) is 1.46. The maximum atomic E-state index is 11.6. The van der Waals surface area contributed by atoms with E-state index in [2.05, 4.69) is 0 Å². The van der Waals surface area contributed by atoms with E-state index in [1.807, 2.05) is 0 Å². The number of aliphatic carboxylic acids is 2. The van der Waals surface area contributed by atoms with Gasteiger partial charge in [0.1, 0.15) is 5.41 Å². The van der Waals surface area contributed by atoms with Gasteiger partial charge >= 0.3 is 11.9 Å². The number of hydrogen-bond donors (Lipinski definition) is 2. The van der Waals surface area contributed by atoms with Crippen molar-refractivity contribution in [3.63, 3.8) is 0 Å². The van der Waals surface area contributed by atoms with Crippen LogP contribution in [-0.4, -0.2) is 33.7 Å². The molecule has 0 aromatic heterocycles. The second-order valence-corrected chi connectivity index (χ2v) is 3.42. The van der Waals surface area contributed by atoms with E-state index >= 15 is 0 Å². The molecule has 90 valence electrons. The normalized spacial score (nSPS) is 10.9. The summed E-state index contributed by atoms with van der Waals surface area (Å²) in [6.45, 7) is 3.03. The van der Waals surface area contributed by atoms with E-state index in [1.54, 1.807) is 0 Å². The van der Waals surface area contributed by atoms with Crippen molar-refractivity contribution in [3.8, 4) is 0 Å². The molecule has 0 spiro atoms. The van der Waals surface area contributed by atoms with Crippen LogP contribution in [0.15, 0.2) is 0 Å². The van der Waals surface area contributed by atoms with Gasteiger partial charge in [0, 0.05) is 0 Å². The number of hydrogen-bond acceptors (Lipinski definition) is 4. The van der Waals surface area contributed by atoms with Gasteiger partial charge in [-0.15, -0.1) is 0 Å². The minimum absolute atomic E-state index is 0.0323. The Kier molecular flexibility index (Phi) is 4.81. The lowest BCUT2D eigenvalue weighted by atomic mass is 9.76. The first-order valence-corrected chi connectivity index (χ1v) is 4.84. The van der Waals surface area contributed by atoms with Crippen molar-refractivity contribution < 1.29 is 29.4 Å². The lowest BCUT2D eigenvalue weighted by Crippen LogP contribution is -2.40. The van der Waals surface area contributed by atoms with Gasteiger partial charge in [-0.3, -0.25) is 14.4 Å².